The van der Waals surface area contributed by atoms with E-state index in [0.717, 1.165) is 0 Å². The summed E-state index contributed by atoms with van der Waals surface area (Å²) in [5.41, 5.74) is -2.99. The number of hydrogen-bond acceptors (Lipinski definition) is 1. The third-order valence-corrected chi connectivity index (χ3v) is 3.53. The zero-order valence-electron chi connectivity index (χ0n) is 10.1. The van der Waals surface area contributed by atoms with Crippen molar-refractivity contribution in [2.75, 3.05) is 18.0 Å². The second-order valence-corrected chi connectivity index (χ2v) is 4.92. The van der Waals surface area contributed by atoms with Gasteiger partial charge in [-0.3, -0.25) is 0 Å². The first-order chi connectivity index (χ1) is 9.10. The Balaban J connectivity index is 2.60. The predicted octanol–water partition coefficient (Wildman–Crippen LogP) is 4.98. The maximum absolute atomic E-state index is 12.8. The second kappa shape index (κ2) is 5.02. The molecule has 0 amide bonds. The van der Waals surface area contributed by atoms with Crippen molar-refractivity contribution in [3.05, 3.63) is 28.3 Å². The molecule has 1 aromatic carbocycles. The molecule has 0 aromatic heterocycles. The van der Waals surface area contributed by atoms with Crippen LogP contribution in [0.25, 0.3) is 0 Å². The van der Waals surface area contributed by atoms with Gasteiger partial charge in [0, 0.05) is 13.1 Å². The Bertz CT molecular complexity index is 502. The quantitative estimate of drug-likeness (QED) is 0.660. The van der Waals surface area contributed by atoms with Gasteiger partial charge in [0.1, 0.15) is 0 Å². The topological polar surface area (TPSA) is 3.24 Å². The number of hydrogen-bond donors (Lipinski definition) is 0. The van der Waals surface area contributed by atoms with Gasteiger partial charge in [0.2, 0.25) is 0 Å². The first-order valence-corrected chi connectivity index (χ1v) is 6.21. The van der Waals surface area contributed by atoms with Crippen molar-refractivity contribution in [1.29, 1.82) is 0 Å². The summed E-state index contributed by atoms with van der Waals surface area (Å²) in [4.78, 5) is 1.45. The Morgan fingerprint density at radius 1 is 0.900 bits per heavy atom. The first kappa shape index (κ1) is 15.3. The largest absolute Gasteiger partial charge is 0.417 e. The molecule has 1 aliphatic heterocycles. The number of alkyl halides is 6. The molecule has 112 valence electrons. The molecule has 1 aromatic rings. The smallest absolute Gasteiger partial charge is 0.370 e. The molecule has 2 rings (SSSR count). The molecule has 1 aliphatic rings. The monoisotopic (exact) mass is 317 g/mol. The molecule has 0 bridgehead atoms. The summed E-state index contributed by atoms with van der Waals surface area (Å²) in [6.07, 6.45) is -8.34. The molecule has 0 spiro atoms. The van der Waals surface area contributed by atoms with Crippen LogP contribution in [0.4, 0.5) is 32.0 Å². The lowest BCUT2D eigenvalue weighted by Gasteiger charge is -2.23. The molecule has 1 heterocycles. The van der Waals surface area contributed by atoms with E-state index >= 15 is 0 Å². The molecule has 0 N–H and O–H groups in total. The van der Waals surface area contributed by atoms with Gasteiger partial charge < -0.3 is 4.90 Å². The van der Waals surface area contributed by atoms with E-state index in [-0.39, 0.29) is 11.8 Å². The number of rotatable bonds is 1. The van der Waals surface area contributed by atoms with Crippen molar-refractivity contribution in [3.63, 3.8) is 0 Å². The third-order valence-electron chi connectivity index (χ3n) is 3.13. The number of nitrogens with zero attached hydrogens (tertiary/aromatic N) is 1. The molecule has 0 radical (unpaired) electrons. The molecule has 1 saturated heterocycles. The van der Waals surface area contributed by atoms with Gasteiger partial charge in [-0.15, -0.1) is 0 Å². The third kappa shape index (κ3) is 2.97. The van der Waals surface area contributed by atoms with Gasteiger partial charge in [0.05, 0.1) is 21.8 Å². The van der Waals surface area contributed by atoms with Crippen LogP contribution in [-0.4, -0.2) is 13.1 Å². The van der Waals surface area contributed by atoms with Crippen LogP contribution in [0.3, 0.4) is 0 Å². The minimum absolute atomic E-state index is 0.0574. The SMILES string of the molecule is FC(F)(F)c1cc(N2CCCC2)c(Cl)c(C(F)(F)F)c1. The standard InChI is InChI=1S/C12H10ClF6N/c13-10-8(12(17,18)19)5-7(11(14,15)16)6-9(10)20-3-1-2-4-20/h5-6H,1-4H2. The molecule has 1 nitrogen and oxygen atoms in total. The van der Waals surface area contributed by atoms with Crippen LogP contribution in [0.15, 0.2) is 12.1 Å². The van der Waals surface area contributed by atoms with E-state index in [1.165, 1.54) is 4.90 Å². The van der Waals surface area contributed by atoms with Crippen LogP contribution < -0.4 is 4.90 Å². The van der Waals surface area contributed by atoms with Crippen molar-refractivity contribution in [2.45, 2.75) is 25.2 Å². The average molecular weight is 318 g/mol. The van der Waals surface area contributed by atoms with Crippen LogP contribution in [0.1, 0.15) is 24.0 Å². The molecular weight excluding hydrogens is 308 g/mol. The number of halogens is 7. The summed E-state index contributed by atoms with van der Waals surface area (Å²) in [7, 11) is 0. The first-order valence-electron chi connectivity index (χ1n) is 5.83. The van der Waals surface area contributed by atoms with Crippen molar-refractivity contribution in [3.8, 4) is 0 Å². The van der Waals surface area contributed by atoms with Crippen molar-refractivity contribution in [1.82, 2.24) is 0 Å². The highest BCUT2D eigenvalue weighted by Gasteiger charge is 2.40. The Labute approximate surface area is 116 Å². The van der Waals surface area contributed by atoms with E-state index < -0.39 is 28.5 Å². The fraction of sp³-hybridized carbons (Fsp3) is 0.500. The Kier molecular flexibility index (Phi) is 3.83. The van der Waals surface area contributed by atoms with E-state index in [1.807, 2.05) is 0 Å². The van der Waals surface area contributed by atoms with Crippen molar-refractivity contribution in [2.24, 2.45) is 0 Å². The fourth-order valence-corrected chi connectivity index (χ4v) is 2.50. The lowest BCUT2D eigenvalue weighted by atomic mass is 10.1. The Morgan fingerprint density at radius 2 is 1.45 bits per heavy atom. The van der Waals surface area contributed by atoms with Crippen LogP contribution in [0.2, 0.25) is 5.02 Å². The zero-order valence-corrected chi connectivity index (χ0v) is 10.8. The lowest BCUT2D eigenvalue weighted by Crippen LogP contribution is -2.21. The Morgan fingerprint density at radius 3 is 1.90 bits per heavy atom. The lowest BCUT2D eigenvalue weighted by molar-refractivity contribution is -0.142. The van der Waals surface area contributed by atoms with Gasteiger partial charge in [-0.25, -0.2) is 0 Å². The number of anilines is 1. The summed E-state index contributed by atoms with van der Waals surface area (Å²) < 4.78 is 76.6. The zero-order chi connectivity index (χ0) is 15.1. The molecule has 8 heteroatoms. The molecule has 0 atom stereocenters. The molecule has 0 saturated carbocycles. The maximum atomic E-state index is 12.8. The van der Waals surface area contributed by atoms with Gasteiger partial charge in [0.25, 0.3) is 0 Å². The van der Waals surface area contributed by atoms with E-state index in [0.29, 0.717) is 32.0 Å². The molecule has 0 unspecified atom stereocenters. The average Bonchev–Trinajstić information content (AvgIpc) is 2.79. The predicted molar refractivity (Wildman–Crippen MR) is 62.9 cm³/mol. The van der Waals surface area contributed by atoms with Crippen LogP contribution >= 0.6 is 11.6 Å². The fourth-order valence-electron chi connectivity index (χ4n) is 2.17. The van der Waals surface area contributed by atoms with E-state index in [4.69, 9.17) is 11.6 Å². The van der Waals surface area contributed by atoms with Gasteiger partial charge in [-0.1, -0.05) is 11.6 Å². The van der Waals surface area contributed by atoms with E-state index in [9.17, 15) is 26.3 Å². The van der Waals surface area contributed by atoms with Crippen LogP contribution in [0, 0.1) is 0 Å². The summed E-state index contributed by atoms with van der Waals surface area (Å²) in [6.45, 7) is 0.802. The summed E-state index contributed by atoms with van der Waals surface area (Å²) in [5, 5.41) is -0.674. The van der Waals surface area contributed by atoms with E-state index in [1.54, 1.807) is 0 Å². The van der Waals surface area contributed by atoms with E-state index in [2.05, 4.69) is 0 Å². The van der Waals surface area contributed by atoms with Gasteiger partial charge in [-0.05, 0) is 25.0 Å². The maximum Gasteiger partial charge on any atom is 0.417 e. The van der Waals surface area contributed by atoms with Crippen molar-refractivity contribution >= 4 is 17.3 Å². The summed E-state index contributed by atoms with van der Waals surface area (Å²) in [5.74, 6) is 0. The number of benzene rings is 1. The highest BCUT2D eigenvalue weighted by molar-refractivity contribution is 6.34. The summed E-state index contributed by atoms with van der Waals surface area (Å²) >= 11 is 5.67. The van der Waals surface area contributed by atoms with Crippen LogP contribution in [0.5, 0.6) is 0 Å². The highest BCUT2D eigenvalue weighted by Crippen LogP contribution is 2.44. The minimum atomic E-state index is -4.92. The summed E-state index contributed by atoms with van der Waals surface area (Å²) in [6, 6.07) is 0.741. The molecule has 1 fully saturated rings. The minimum Gasteiger partial charge on any atom is -0.370 e. The highest BCUT2D eigenvalue weighted by atomic mass is 35.5. The normalized spacial score (nSPS) is 16.9. The Hall–Kier alpha value is -1.11. The molecule has 20 heavy (non-hydrogen) atoms. The van der Waals surface area contributed by atoms with Gasteiger partial charge >= 0.3 is 12.4 Å². The second-order valence-electron chi connectivity index (χ2n) is 4.55. The van der Waals surface area contributed by atoms with Crippen molar-refractivity contribution < 1.29 is 26.3 Å². The molecule has 0 aliphatic carbocycles. The van der Waals surface area contributed by atoms with Gasteiger partial charge in [-0.2, -0.15) is 26.3 Å². The molecular formula is C12H10ClF6N. The van der Waals surface area contributed by atoms with Gasteiger partial charge in [0.15, 0.2) is 0 Å². The van der Waals surface area contributed by atoms with Crippen LogP contribution in [-0.2, 0) is 12.4 Å².